The molecule has 0 aliphatic carbocycles. The molecule has 4 heteroatoms. The van der Waals surface area contributed by atoms with Crippen LogP contribution in [0.3, 0.4) is 0 Å². The largest absolute Gasteiger partial charge is 0.339 e. The molecule has 0 aromatic heterocycles. The number of nitrogens with two attached hydrogens (primary N) is 1. The van der Waals surface area contributed by atoms with Crippen molar-refractivity contribution in [3.05, 3.63) is 35.6 Å². The van der Waals surface area contributed by atoms with Gasteiger partial charge in [0.05, 0.1) is 12.0 Å². The van der Waals surface area contributed by atoms with E-state index in [1.807, 2.05) is 6.92 Å². The van der Waals surface area contributed by atoms with Crippen LogP contribution in [0.1, 0.15) is 38.8 Å². The van der Waals surface area contributed by atoms with Gasteiger partial charge >= 0.3 is 0 Å². The average molecular weight is 280 g/mol. The first-order valence-corrected chi connectivity index (χ1v) is 7.09. The Labute approximate surface area is 121 Å². The molecule has 0 heterocycles. The lowest BCUT2D eigenvalue weighted by atomic mass is 9.95. The molecule has 2 unspecified atom stereocenters. The van der Waals surface area contributed by atoms with Crippen LogP contribution in [0, 0.1) is 17.7 Å². The highest BCUT2D eigenvalue weighted by atomic mass is 19.1. The molecule has 0 spiro atoms. The Morgan fingerprint density at radius 2 is 1.90 bits per heavy atom. The topological polar surface area (TPSA) is 46.3 Å². The Morgan fingerprint density at radius 3 is 2.40 bits per heavy atom. The van der Waals surface area contributed by atoms with Crippen LogP contribution in [-0.2, 0) is 4.79 Å². The summed E-state index contributed by atoms with van der Waals surface area (Å²) in [5.41, 5.74) is 6.24. The Kier molecular flexibility index (Phi) is 6.14. The predicted octanol–water partition coefficient (Wildman–Crippen LogP) is 2.97. The zero-order chi connectivity index (χ0) is 15.3. The van der Waals surface area contributed by atoms with Gasteiger partial charge in [-0.15, -0.1) is 0 Å². The lowest BCUT2D eigenvalue weighted by Gasteiger charge is -2.29. The molecule has 0 saturated carbocycles. The van der Waals surface area contributed by atoms with Crippen LogP contribution in [0.15, 0.2) is 24.3 Å². The number of nitrogens with zero attached hydrogens (tertiary/aromatic N) is 1. The van der Waals surface area contributed by atoms with Crippen molar-refractivity contribution in [2.24, 2.45) is 17.6 Å². The fourth-order valence-corrected chi connectivity index (χ4v) is 2.37. The zero-order valence-corrected chi connectivity index (χ0v) is 12.8. The van der Waals surface area contributed by atoms with Gasteiger partial charge in [-0.25, -0.2) is 4.39 Å². The Balaban J connectivity index is 2.85. The summed E-state index contributed by atoms with van der Waals surface area (Å²) in [5.74, 6) is -0.0938. The van der Waals surface area contributed by atoms with Gasteiger partial charge in [-0.2, -0.15) is 0 Å². The Hall–Kier alpha value is -1.42. The van der Waals surface area contributed by atoms with E-state index < -0.39 is 0 Å². The van der Waals surface area contributed by atoms with E-state index >= 15 is 0 Å². The summed E-state index contributed by atoms with van der Waals surface area (Å²) >= 11 is 0. The van der Waals surface area contributed by atoms with Crippen molar-refractivity contribution in [2.45, 2.75) is 33.2 Å². The quantitative estimate of drug-likeness (QED) is 0.870. The van der Waals surface area contributed by atoms with Gasteiger partial charge in [0.15, 0.2) is 0 Å². The van der Waals surface area contributed by atoms with Crippen molar-refractivity contribution >= 4 is 5.91 Å². The maximum absolute atomic E-state index is 13.8. The molecule has 1 aromatic carbocycles. The Bertz CT molecular complexity index is 448. The first-order valence-electron chi connectivity index (χ1n) is 7.09. The van der Waals surface area contributed by atoms with Gasteiger partial charge in [0.1, 0.15) is 5.82 Å². The number of benzene rings is 1. The summed E-state index contributed by atoms with van der Waals surface area (Å²) in [6.07, 6.45) is 0.754. The third-order valence-electron chi connectivity index (χ3n) is 3.67. The molecule has 3 nitrogen and oxygen atoms in total. The molecule has 2 atom stereocenters. The second-order valence-corrected chi connectivity index (χ2v) is 5.71. The van der Waals surface area contributed by atoms with Crippen LogP contribution in [0.2, 0.25) is 0 Å². The molecule has 0 radical (unpaired) electrons. The SMILES string of the molecule is CC(C)CC(CN)C(=O)N(C)C(C)c1ccccc1F. The molecule has 20 heavy (non-hydrogen) atoms. The molecule has 112 valence electrons. The van der Waals surface area contributed by atoms with Crippen molar-refractivity contribution in [1.29, 1.82) is 0 Å². The number of hydrogen-bond acceptors (Lipinski definition) is 2. The standard InChI is InChI=1S/C16H25FN2O/c1-11(2)9-13(10-18)16(20)19(4)12(3)14-7-5-6-8-15(14)17/h5-8,11-13H,9-10,18H2,1-4H3. The average Bonchev–Trinajstić information content (AvgIpc) is 2.42. The molecule has 0 bridgehead atoms. The van der Waals surface area contributed by atoms with Crippen LogP contribution in [-0.4, -0.2) is 24.4 Å². The number of rotatable bonds is 6. The molecular weight excluding hydrogens is 255 g/mol. The van der Waals surface area contributed by atoms with E-state index in [9.17, 15) is 9.18 Å². The highest BCUT2D eigenvalue weighted by Gasteiger charge is 2.26. The van der Waals surface area contributed by atoms with Crippen LogP contribution >= 0.6 is 0 Å². The molecule has 0 aliphatic rings. The summed E-state index contributed by atoms with van der Waals surface area (Å²) in [4.78, 5) is 14.1. The maximum atomic E-state index is 13.8. The second-order valence-electron chi connectivity index (χ2n) is 5.71. The molecule has 0 aliphatic heterocycles. The van der Waals surface area contributed by atoms with E-state index in [0.29, 0.717) is 18.0 Å². The number of carbonyl (C=O) groups excluding carboxylic acids is 1. The van der Waals surface area contributed by atoms with E-state index in [1.54, 1.807) is 30.1 Å². The van der Waals surface area contributed by atoms with Gasteiger partial charge in [0.25, 0.3) is 0 Å². The molecule has 0 saturated heterocycles. The normalized spacial score (nSPS) is 14.2. The molecular formula is C16H25FN2O. The first-order chi connectivity index (χ1) is 9.38. The summed E-state index contributed by atoms with van der Waals surface area (Å²) in [7, 11) is 1.71. The first kappa shape index (κ1) is 16.6. The minimum atomic E-state index is -0.301. The van der Waals surface area contributed by atoms with Crippen LogP contribution in [0.5, 0.6) is 0 Å². The maximum Gasteiger partial charge on any atom is 0.227 e. The number of halogens is 1. The van der Waals surface area contributed by atoms with Crippen molar-refractivity contribution < 1.29 is 9.18 Å². The van der Waals surface area contributed by atoms with Crippen LogP contribution in [0.25, 0.3) is 0 Å². The highest BCUT2D eigenvalue weighted by molar-refractivity contribution is 5.79. The summed E-state index contributed by atoms with van der Waals surface area (Å²) < 4.78 is 13.8. The van der Waals surface area contributed by atoms with Gasteiger partial charge in [-0.1, -0.05) is 32.0 Å². The fourth-order valence-electron chi connectivity index (χ4n) is 2.37. The number of amides is 1. The third kappa shape index (κ3) is 4.04. The van der Waals surface area contributed by atoms with Gasteiger partial charge in [0.2, 0.25) is 5.91 Å². The van der Waals surface area contributed by atoms with E-state index in [0.717, 1.165) is 6.42 Å². The fraction of sp³-hybridized carbons (Fsp3) is 0.562. The van der Waals surface area contributed by atoms with Crippen LogP contribution < -0.4 is 5.73 Å². The summed E-state index contributed by atoms with van der Waals surface area (Å²) in [5, 5.41) is 0. The van der Waals surface area contributed by atoms with E-state index in [-0.39, 0.29) is 23.7 Å². The van der Waals surface area contributed by atoms with Gasteiger partial charge in [-0.3, -0.25) is 4.79 Å². The summed E-state index contributed by atoms with van der Waals surface area (Å²) in [6.45, 7) is 6.29. The Morgan fingerprint density at radius 1 is 1.30 bits per heavy atom. The van der Waals surface area contributed by atoms with E-state index in [2.05, 4.69) is 13.8 Å². The molecule has 1 rings (SSSR count). The van der Waals surface area contributed by atoms with Crippen LogP contribution in [0.4, 0.5) is 4.39 Å². The highest BCUT2D eigenvalue weighted by Crippen LogP contribution is 2.24. The smallest absolute Gasteiger partial charge is 0.227 e. The number of hydrogen-bond donors (Lipinski definition) is 1. The van der Waals surface area contributed by atoms with E-state index in [1.165, 1.54) is 6.07 Å². The molecule has 1 aromatic rings. The van der Waals surface area contributed by atoms with Gasteiger partial charge in [0, 0.05) is 19.2 Å². The number of carbonyl (C=O) groups is 1. The molecule has 1 amide bonds. The van der Waals surface area contributed by atoms with Crippen molar-refractivity contribution in [2.75, 3.05) is 13.6 Å². The monoisotopic (exact) mass is 280 g/mol. The zero-order valence-electron chi connectivity index (χ0n) is 12.8. The lowest BCUT2D eigenvalue weighted by Crippen LogP contribution is -2.39. The lowest BCUT2D eigenvalue weighted by molar-refractivity contribution is -0.136. The second kappa shape index (κ2) is 7.39. The van der Waals surface area contributed by atoms with Crippen molar-refractivity contribution in [3.63, 3.8) is 0 Å². The minimum absolute atomic E-state index is 0.0167. The summed E-state index contributed by atoms with van der Waals surface area (Å²) in [6, 6.07) is 6.25. The minimum Gasteiger partial charge on any atom is -0.339 e. The van der Waals surface area contributed by atoms with Gasteiger partial charge in [-0.05, 0) is 25.3 Å². The molecule has 0 fully saturated rings. The predicted molar refractivity (Wildman–Crippen MR) is 79.6 cm³/mol. The third-order valence-corrected chi connectivity index (χ3v) is 3.67. The van der Waals surface area contributed by atoms with Crippen molar-refractivity contribution in [3.8, 4) is 0 Å². The van der Waals surface area contributed by atoms with Gasteiger partial charge < -0.3 is 10.6 Å². The van der Waals surface area contributed by atoms with E-state index in [4.69, 9.17) is 5.73 Å². The van der Waals surface area contributed by atoms with Crippen molar-refractivity contribution in [1.82, 2.24) is 4.90 Å². The molecule has 2 N–H and O–H groups in total.